The van der Waals surface area contributed by atoms with E-state index >= 15 is 0 Å². The zero-order chi connectivity index (χ0) is 15.2. The fourth-order valence-corrected chi connectivity index (χ4v) is 3.12. The van der Waals surface area contributed by atoms with E-state index in [0.717, 1.165) is 12.1 Å². The van der Waals surface area contributed by atoms with Gasteiger partial charge in [0, 0.05) is 6.20 Å². The molecular formula is C16H27N3O2. The van der Waals surface area contributed by atoms with Gasteiger partial charge < -0.3 is 15.0 Å². The summed E-state index contributed by atoms with van der Waals surface area (Å²) in [4.78, 5) is 18.7. The lowest BCUT2D eigenvalue weighted by molar-refractivity contribution is -0.131. The predicted molar refractivity (Wildman–Crippen MR) is 81.5 cm³/mol. The SMILES string of the molecule is CC1CCC(C(C)C)C(OCC(=O)NCc2cnc[nH]2)C1. The molecule has 21 heavy (non-hydrogen) atoms. The van der Waals surface area contributed by atoms with Crippen LogP contribution in [0.25, 0.3) is 0 Å². The minimum Gasteiger partial charge on any atom is -0.368 e. The number of aromatic amines is 1. The van der Waals surface area contributed by atoms with E-state index in [4.69, 9.17) is 4.74 Å². The number of ether oxygens (including phenoxy) is 1. The van der Waals surface area contributed by atoms with Crippen molar-refractivity contribution in [3.63, 3.8) is 0 Å². The van der Waals surface area contributed by atoms with E-state index in [9.17, 15) is 4.79 Å². The Labute approximate surface area is 126 Å². The molecule has 1 amide bonds. The van der Waals surface area contributed by atoms with Crippen molar-refractivity contribution in [3.8, 4) is 0 Å². The first kappa shape index (κ1) is 16.0. The summed E-state index contributed by atoms with van der Waals surface area (Å²) < 4.78 is 5.92. The third kappa shape index (κ3) is 4.84. The minimum atomic E-state index is -0.0645. The Morgan fingerprint density at radius 1 is 1.52 bits per heavy atom. The quantitative estimate of drug-likeness (QED) is 0.847. The number of H-pyrrole nitrogens is 1. The van der Waals surface area contributed by atoms with Gasteiger partial charge in [-0.1, -0.05) is 27.2 Å². The maximum absolute atomic E-state index is 11.9. The van der Waals surface area contributed by atoms with Crippen LogP contribution in [0, 0.1) is 17.8 Å². The molecule has 1 saturated carbocycles. The first-order valence-corrected chi connectivity index (χ1v) is 7.91. The lowest BCUT2D eigenvalue weighted by atomic mass is 9.75. The number of carbonyl (C=O) groups is 1. The lowest BCUT2D eigenvalue weighted by Gasteiger charge is -2.37. The van der Waals surface area contributed by atoms with Crippen LogP contribution in [0.3, 0.4) is 0 Å². The predicted octanol–water partition coefficient (Wildman–Crippen LogP) is 2.50. The molecule has 1 aromatic rings. The number of nitrogens with one attached hydrogen (secondary N) is 2. The first-order chi connectivity index (χ1) is 10.1. The van der Waals surface area contributed by atoms with Crippen molar-refractivity contribution in [3.05, 3.63) is 18.2 Å². The Bertz CT molecular complexity index is 431. The second kappa shape index (κ2) is 7.59. The molecule has 0 bridgehead atoms. The van der Waals surface area contributed by atoms with Crippen LogP contribution in [0.2, 0.25) is 0 Å². The smallest absolute Gasteiger partial charge is 0.246 e. The summed E-state index contributed by atoms with van der Waals surface area (Å²) in [5.74, 6) is 1.81. The number of imidazole rings is 1. The second-order valence-electron chi connectivity index (χ2n) is 6.53. The highest BCUT2D eigenvalue weighted by molar-refractivity contribution is 5.77. The first-order valence-electron chi connectivity index (χ1n) is 7.91. The van der Waals surface area contributed by atoms with Gasteiger partial charge in [0.1, 0.15) is 6.61 Å². The molecule has 0 spiro atoms. The van der Waals surface area contributed by atoms with Crippen LogP contribution in [0.15, 0.2) is 12.5 Å². The zero-order valence-electron chi connectivity index (χ0n) is 13.3. The maximum atomic E-state index is 11.9. The number of nitrogens with zero attached hydrogens (tertiary/aromatic N) is 1. The van der Waals surface area contributed by atoms with E-state index < -0.39 is 0 Å². The van der Waals surface area contributed by atoms with Gasteiger partial charge in [0.15, 0.2) is 0 Å². The molecule has 5 nitrogen and oxygen atoms in total. The maximum Gasteiger partial charge on any atom is 0.246 e. The molecule has 3 unspecified atom stereocenters. The normalized spacial score (nSPS) is 26.0. The highest BCUT2D eigenvalue weighted by Crippen LogP contribution is 2.35. The molecule has 118 valence electrons. The molecule has 2 N–H and O–H groups in total. The summed E-state index contributed by atoms with van der Waals surface area (Å²) in [6.45, 7) is 7.38. The molecule has 1 aliphatic rings. The van der Waals surface area contributed by atoms with E-state index in [-0.39, 0.29) is 18.6 Å². The van der Waals surface area contributed by atoms with Crippen LogP contribution in [-0.4, -0.2) is 28.6 Å². The second-order valence-corrected chi connectivity index (χ2v) is 6.53. The van der Waals surface area contributed by atoms with Crippen molar-refractivity contribution >= 4 is 5.91 Å². The van der Waals surface area contributed by atoms with Crippen molar-refractivity contribution in [2.45, 2.75) is 52.7 Å². The molecular weight excluding hydrogens is 266 g/mol. The summed E-state index contributed by atoms with van der Waals surface area (Å²) in [6.07, 6.45) is 7.07. The summed E-state index contributed by atoms with van der Waals surface area (Å²) in [7, 11) is 0. The third-order valence-corrected chi connectivity index (χ3v) is 4.42. The van der Waals surface area contributed by atoms with Gasteiger partial charge in [-0.15, -0.1) is 0 Å². The summed E-state index contributed by atoms with van der Waals surface area (Å²) in [5, 5.41) is 2.84. The molecule has 2 rings (SSSR count). The number of rotatable bonds is 6. The molecule has 1 aromatic heterocycles. The van der Waals surface area contributed by atoms with Crippen LogP contribution in [0.1, 0.15) is 45.7 Å². The van der Waals surface area contributed by atoms with Crippen LogP contribution in [-0.2, 0) is 16.1 Å². The number of hydrogen-bond donors (Lipinski definition) is 2. The third-order valence-electron chi connectivity index (χ3n) is 4.42. The zero-order valence-corrected chi connectivity index (χ0v) is 13.3. The fraction of sp³-hybridized carbons (Fsp3) is 0.750. The summed E-state index contributed by atoms with van der Waals surface area (Å²) >= 11 is 0. The van der Waals surface area contributed by atoms with Gasteiger partial charge in [-0.3, -0.25) is 4.79 Å². The lowest BCUT2D eigenvalue weighted by Crippen LogP contribution is -2.37. The number of amides is 1. The fourth-order valence-electron chi connectivity index (χ4n) is 3.12. The van der Waals surface area contributed by atoms with Gasteiger partial charge in [0.25, 0.3) is 0 Å². The minimum absolute atomic E-state index is 0.0645. The van der Waals surface area contributed by atoms with E-state index in [1.165, 1.54) is 12.8 Å². The van der Waals surface area contributed by atoms with Crippen LogP contribution < -0.4 is 5.32 Å². The molecule has 3 atom stereocenters. The Hall–Kier alpha value is -1.36. The number of hydrogen-bond acceptors (Lipinski definition) is 3. The van der Waals surface area contributed by atoms with Gasteiger partial charge in [-0.25, -0.2) is 4.98 Å². The van der Waals surface area contributed by atoms with Gasteiger partial charge in [-0.05, 0) is 30.6 Å². The average Bonchev–Trinajstić information content (AvgIpc) is 2.96. The molecule has 1 aliphatic carbocycles. The van der Waals surface area contributed by atoms with Crippen LogP contribution in [0.4, 0.5) is 0 Å². The standard InChI is InChI=1S/C16H27N3O2/c1-11(2)14-5-4-12(3)6-15(14)21-9-16(20)18-8-13-7-17-10-19-13/h7,10-12,14-15H,4-6,8-9H2,1-3H3,(H,17,19)(H,18,20). The van der Waals surface area contributed by atoms with E-state index in [1.807, 2.05) is 0 Å². The highest BCUT2D eigenvalue weighted by Gasteiger charge is 2.31. The average molecular weight is 293 g/mol. The van der Waals surface area contributed by atoms with Gasteiger partial charge in [-0.2, -0.15) is 0 Å². The largest absolute Gasteiger partial charge is 0.368 e. The van der Waals surface area contributed by atoms with Gasteiger partial charge in [0.05, 0.1) is 24.7 Å². The topological polar surface area (TPSA) is 67.0 Å². The molecule has 0 saturated heterocycles. The molecule has 0 aliphatic heterocycles. The molecule has 0 radical (unpaired) electrons. The molecule has 1 heterocycles. The Morgan fingerprint density at radius 2 is 2.33 bits per heavy atom. The van der Waals surface area contributed by atoms with Crippen molar-refractivity contribution in [2.24, 2.45) is 17.8 Å². The van der Waals surface area contributed by atoms with Crippen molar-refractivity contribution in [2.75, 3.05) is 6.61 Å². The summed E-state index contributed by atoms with van der Waals surface area (Å²) in [6, 6.07) is 0. The van der Waals surface area contributed by atoms with E-state index in [2.05, 4.69) is 36.1 Å². The van der Waals surface area contributed by atoms with Crippen LogP contribution in [0.5, 0.6) is 0 Å². The molecule has 5 heteroatoms. The summed E-state index contributed by atoms with van der Waals surface area (Å²) in [5.41, 5.74) is 0.898. The monoisotopic (exact) mass is 293 g/mol. The van der Waals surface area contributed by atoms with Crippen molar-refractivity contribution in [1.82, 2.24) is 15.3 Å². The Kier molecular flexibility index (Phi) is 5.79. The molecule has 0 aromatic carbocycles. The Morgan fingerprint density at radius 3 is 3.00 bits per heavy atom. The molecule has 1 fully saturated rings. The van der Waals surface area contributed by atoms with Crippen molar-refractivity contribution in [1.29, 1.82) is 0 Å². The number of carbonyl (C=O) groups excluding carboxylic acids is 1. The van der Waals surface area contributed by atoms with Crippen LogP contribution >= 0.6 is 0 Å². The Balaban J connectivity index is 1.75. The van der Waals surface area contributed by atoms with E-state index in [1.54, 1.807) is 12.5 Å². The highest BCUT2D eigenvalue weighted by atomic mass is 16.5. The van der Waals surface area contributed by atoms with Crippen molar-refractivity contribution < 1.29 is 9.53 Å². The number of aromatic nitrogens is 2. The van der Waals surface area contributed by atoms with Gasteiger partial charge in [0.2, 0.25) is 5.91 Å². The van der Waals surface area contributed by atoms with Gasteiger partial charge >= 0.3 is 0 Å². The van der Waals surface area contributed by atoms with E-state index in [0.29, 0.717) is 24.3 Å².